The zero-order chi connectivity index (χ0) is 17.9. The zero-order valence-corrected chi connectivity index (χ0v) is 15.1. The second kappa shape index (κ2) is 7.32. The topological polar surface area (TPSA) is 58.6 Å². The zero-order valence-electron chi connectivity index (χ0n) is 15.1. The van der Waals surface area contributed by atoms with Crippen LogP contribution in [0.25, 0.3) is 0 Å². The van der Waals surface area contributed by atoms with Gasteiger partial charge in [0.2, 0.25) is 17.7 Å². The Labute approximate surface area is 153 Å². The molecule has 26 heavy (non-hydrogen) atoms. The molecule has 0 bridgehead atoms. The number of benzene rings is 1. The van der Waals surface area contributed by atoms with Gasteiger partial charge in [0.05, 0.1) is 13.0 Å². The molecule has 1 saturated heterocycles. The molecule has 1 atom stereocenters. The van der Waals surface area contributed by atoms with E-state index in [1.54, 1.807) is 19.4 Å². The van der Waals surface area contributed by atoms with Crippen LogP contribution in [0.5, 0.6) is 5.88 Å². The van der Waals surface area contributed by atoms with Gasteiger partial charge in [0.25, 0.3) is 0 Å². The van der Waals surface area contributed by atoms with Crippen molar-refractivity contribution in [2.45, 2.75) is 25.8 Å². The maximum atomic E-state index is 13.1. The van der Waals surface area contributed by atoms with Crippen LogP contribution in [0, 0.1) is 5.92 Å². The van der Waals surface area contributed by atoms with Crippen LogP contribution in [0.15, 0.2) is 36.5 Å². The summed E-state index contributed by atoms with van der Waals surface area (Å²) in [5, 5.41) is 0. The number of anilines is 1. The van der Waals surface area contributed by atoms with E-state index in [2.05, 4.69) is 39.1 Å². The Balaban J connectivity index is 1.45. The number of carbonyl (C=O) groups excluding carboxylic acids is 1. The molecule has 1 unspecified atom stereocenters. The molecule has 6 nitrogen and oxygen atoms in total. The molecule has 1 amide bonds. The molecule has 0 spiro atoms. The summed E-state index contributed by atoms with van der Waals surface area (Å²) in [5.41, 5.74) is 2.64. The number of hydrogen-bond acceptors (Lipinski definition) is 5. The third-order valence-corrected chi connectivity index (χ3v) is 5.32. The van der Waals surface area contributed by atoms with Gasteiger partial charge in [-0.2, -0.15) is 4.98 Å². The van der Waals surface area contributed by atoms with Crippen LogP contribution in [0.1, 0.15) is 24.0 Å². The molecule has 4 rings (SSSR count). The van der Waals surface area contributed by atoms with E-state index in [1.807, 2.05) is 4.90 Å². The summed E-state index contributed by atoms with van der Waals surface area (Å²) in [6.45, 7) is 3.08. The fourth-order valence-corrected chi connectivity index (χ4v) is 3.90. The van der Waals surface area contributed by atoms with Gasteiger partial charge < -0.3 is 14.5 Å². The number of hydrogen-bond donors (Lipinski definition) is 0. The van der Waals surface area contributed by atoms with Crippen LogP contribution in [-0.2, 0) is 17.8 Å². The van der Waals surface area contributed by atoms with E-state index in [1.165, 1.54) is 11.1 Å². The van der Waals surface area contributed by atoms with E-state index < -0.39 is 0 Å². The molecule has 0 N–H and O–H groups in total. The number of rotatable bonds is 3. The van der Waals surface area contributed by atoms with Crippen molar-refractivity contribution in [1.82, 2.24) is 14.9 Å². The highest BCUT2D eigenvalue weighted by Gasteiger charge is 2.31. The molecule has 0 aliphatic carbocycles. The lowest BCUT2D eigenvalue weighted by molar-refractivity contribution is -0.136. The molecule has 136 valence electrons. The highest BCUT2D eigenvalue weighted by atomic mass is 16.5. The third kappa shape index (κ3) is 3.36. The van der Waals surface area contributed by atoms with E-state index in [9.17, 15) is 4.79 Å². The minimum absolute atomic E-state index is 0.00353. The summed E-state index contributed by atoms with van der Waals surface area (Å²) in [6.07, 6.45) is 4.55. The first-order valence-corrected chi connectivity index (χ1v) is 9.22. The smallest absolute Gasteiger partial charge is 0.228 e. The molecule has 6 heteroatoms. The molecular formula is C20H24N4O2. The first-order valence-electron chi connectivity index (χ1n) is 9.22. The van der Waals surface area contributed by atoms with Crippen molar-refractivity contribution in [2.24, 2.45) is 5.92 Å². The Kier molecular flexibility index (Phi) is 4.73. The van der Waals surface area contributed by atoms with Gasteiger partial charge in [-0.25, -0.2) is 4.98 Å². The Morgan fingerprint density at radius 3 is 2.88 bits per heavy atom. The molecule has 0 radical (unpaired) electrons. The van der Waals surface area contributed by atoms with E-state index in [0.29, 0.717) is 18.4 Å². The van der Waals surface area contributed by atoms with E-state index in [4.69, 9.17) is 4.74 Å². The Bertz CT molecular complexity index is 795. The first-order chi connectivity index (χ1) is 12.7. The summed E-state index contributed by atoms with van der Waals surface area (Å²) in [6, 6.07) is 10.2. The lowest BCUT2D eigenvalue weighted by Gasteiger charge is -2.36. The van der Waals surface area contributed by atoms with Crippen LogP contribution in [0.3, 0.4) is 0 Å². The van der Waals surface area contributed by atoms with Gasteiger partial charge in [0.15, 0.2) is 0 Å². The molecule has 0 saturated carbocycles. The van der Waals surface area contributed by atoms with Crippen molar-refractivity contribution in [1.29, 1.82) is 0 Å². The number of nitrogens with zero attached hydrogens (tertiary/aromatic N) is 4. The molecule has 2 aliphatic heterocycles. The van der Waals surface area contributed by atoms with Crippen molar-refractivity contribution in [3.8, 4) is 5.88 Å². The monoisotopic (exact) mass is 352 g/mol. The standard InChI is InChI=1S/C20H24N4O2/c1-26-18-8-10-21-20(22-18)24-11-4-7-17(14-24)19(25)23-12-9-15-5-2-3-6-16(15)13-23/h2-3,5-6,8,10,17H,4,7,9,11-14H2,1H3. The maximum Gasteiger partial charge on any atom is 0.228 e. The van der Waals surface area contributed by atoms with Gasteiger partial charge in [0.1, 0.15) is 0 Å². The molecule has 1 fully saturated rings. The van der Waals surface area contributed by atoms with Crippen molar-refractivity contribution in [3.05, 3.63) is 47.7 Å². The summed E-state index contributed by atoms with van der Waals surface area (Å²) in [5.74, 6) is 1.46. The molecule has 2 aliphatic rings. The summed E-state index contributed by atoms with van der Waals surface area (Å²) in [7, 11) is 1.60. The van der Waals surface area contributed by atoms with Gasteiger partial charge in [0, 0.05) is 38.4 Å². The SMILES string of the molecule is COc1ccnc(N2CCCC(C(=O)N3CCc4ccccc4C3)C2)n1. The fraction of sp³-hybridized carbons (Fsp3) is 0.450. The average molecular weight is 352 g/mol. The molecule has 2 aromatic rings. The number of piperidine rings is 1. The van der Waals surface area contributed by atoms with Crippen LogP contribution < -0.4 is 9.64 Å². The van der Waals surface area contributed by atoms with Crippen molar-refractivity contribution in [3.63, 3.8) is 0 Å². The van der Waals surface area contributed by atoms with Gasteiger partial charge in [-0.1, -0.05) is 24.3 Å². The minimum atomic E-state index is 0.00353. The van der Waals surface area contributed by atoms with Gasteiger partial charge in [-0.05, 0) is 30.4 Å². The number of carbonyl (C=O) groups is 1. The largest absolute Gasteiger partial charge is 0.481 e. The first kappa shape index (κ1) is 16.8. The van der Waals surface area contributed by atoms with Gasteiger partial charge in [-0.15, -0.1) is 0 Å². The van der Waals surface area contributed by atoms with Crippen molar-refractivity contribution in [2.75, 3.05) is 31.6 Å². The second-order valence-electron chi connectivity index (χ2n) is 6.96. The van der Waals surface area contributed by atoms with Crippen molar-refractivity contribution >= 4 is 11.9 Å². The number of ether oxygens (including phenoxy) is 1. The predicted octanol–water partition coefficient (Wildman–Crippen LogP) is 2.29. The Morgan fingerprint density at radius 2 is 2.04 bits per heavy atom. The third-order valence-electron chi connectivity index (χ3n) is 5.32. The average Bonchev–Trinajstić information content (AvgIpc) is 2.73. The summed E-state index contributed by atoms with van der Waals surface area (Å²) < 4.78 is 5.20. The van der Waals surface area contributed by atoms with Crippen LogP contribution in [0.4, 0.5) is 5.95 Å². The number of amides is 1. The van der Waals surface area contributed by atoms with E-state index in [0.717, 1.165) is 38.9 Å². The lowest BCUT2D eigenvalue weighted by atomic mass is 9.94. The minimum Gasteiger partial charge on any atom is -0.481 e. The maximum absolute atomic E-state index is 13.1. The summed E-state index contributed by atoms with van der Waals surface area (Å²) >= 11 is 0. The molecule has 1 aromatic carbocycles. The normalized spacial score (nSPS) is 19.8. The van der Waals surface area contributed by atoms with Crippen LogP contribution in [0.2, 0.25) is 0 Å². The number of fused-ring (bicyclic) bond motifs is 1. The van der Waals surface area contributed by atoms with E-state index in [-0.39, 0.29) is 11.8 Å². The second-order valence-corrected chi connectivity index (χ2v) is 6.96. The predicted molar refractivity (Wildman–Crippen MR) is 99.1 cm³/mol. The van der Waals surface area contributed by atoms with Crippen molar-refractivity contribution < 1.29 is 9.53 Å². The molecule has 3 heterocycles. The molecular weight excluding hydrogens is 328 g/mol. The van der Waals surface area contributed by atoms with Crippen LogP contribution in [-0.4, -0.2) is 47.5 Å². The van der Waals surface area contributed by atoms with Gasteiger partial charge >= 0.3 is 0 Å². The molecule has 1 aromatic heterocycles. The van der Waals surface area contributed by atoms with Crippen LogP contribution >= 0.6 is 0 Å². The number of methoxy groups -OCH3 is 1. The quantitative estimate of drug-likeness (QED) is 0.848. The number of aromatic nitrogens is 2. The van der Waals surface area contributed by atoms with Gasteiger partial charge in [-0.3, -0.25) is 4.79 Å². The summed E-state index contributed by atoms with van der Waals surface area (Å²) in [4.78, 5) is 26.0. The Morgan fingerprint density at radius 1 is 1.19 bits per heavy atom. The highest BCUT2D eigenvalue weighted by Crippen LogP contribution is 2.26. The fourth-order valence-electron chi connectivity index (χ4n) is 3.90. The lowest BCUT2D eigenvalue weighted by Crippen LogP contribution is -2.46. The van der Waals surface area contributed by atoms with E-state index >= 15 is 0 Å². The highest BCUT2D eigenvalue weighted by molar-refractivity contribution is 5.80. The Hall–Kier alpha value is -2.63.